The highest BCUT2D eigenvalue weighted by molar-refractivity contribution is 5.97. The van der Waals surface area contributed by atoms with Crippen LogP contribution in [0.5, 0.6) is 0 Å². The predicted octanol–water partition coefficient (Wildman–Crippen LogP) is 0.796. The number of amides is 3. The van der Waals surface area contributed by atoms with Gasteiger partial charge in [0.2, 0.25) is 17.7 Å². The molecule has 25 heavy (non-hydrogen) atoms. The van der Waals surface area contributed by atoms with Crippen molar-refractivity contribution in [3.05, 3.63) is 24.3 Å². The van der Waals surface area contributed by atoms with Crippen LogP contribution in [0.25, 0.3) is 0 Å². The number of hydrogen-bond donors (Lipinski definition) is 0. The van der Waals surface area contributed by atoms with Crippen molar-refractivity contribution >= 4 is 29.1 Å². The van der Waals surface area contributed by atoms with Gasteiger partial charge in [0, 0.05) is 65.5 Å². The maximum Gasteiger partial charge on any atom is 0.242 e. The Morgan fingerprint density at radius 1 is 0.880 bits per heavy atom. The number of piperazine rings is 1. The van der Waals surface area contributed by atoms with E-state index in [2.05, 4.69) is 0 Å². The molecule has 1 aliphatic rings. The fourth-order valence-electron chi connectivity index (χ4n) is 2.82. The predicted molar refractivity (Wildman–Crippen MR) is 97.6 cm³/mol. The fraction of sp³-hybridized carbons (Fsp3) is 0.500. The normalized spacial score (nSPS) is 14.2. The third-order valence-electron chi connectivity index (χ3n) is 4.43. The summed E-state index contributed by atoms with van der Waals surface area (Å²) in [5.74, 6) is -0.248. The summed E-state index contributed by atoms with van der Waals surface area (Å²) in [6.07, 6.45) is 0. The van der Waals surface area contributed by atoms with E-state index >= 15 is 0 Å². The van der Waals surface area contributed by atoms with Gasteiger partial charge in [-0.2, -0.15) is 0 Å². The van der Waals surface area contributed by atoms with Gasteiger partial charge in [-0.3, -0.25) is 14.4 Å². The molecule has 1 saturated heterocycles. The zero-order chi connectivity index (χ0) is 18.6. The first-order valence-electron chi connectivity index (χ1n) is 8.38. The highest BCUT2D eigenvalue weighted by Crippen LogP contribution is 2.20. The van der Waals surface area contributed by atoms with Crippen LogP contribution in [0.1, 0.15) is 13.8 Å². The Bertz CT molecular complexity index is 634. The van der Waals surface area contributed by atoms with Crippen molar-refractivity contribution in [2.45, 2.75) is 13.8 Å². The van der Waals surface area contributed by atoms with E-state index in [4.69, 9.17) is 0 Å². The Kier molecular flexibility index (Phi) is 6.01. The highest BCUT2D eigenvalue weighted by Gasteiger charge is 2.25. The van der Waals surface area contributed by atoms with Gasteiger partial charge in [0.1, 0.15) is 6.54 Å². The molecule has 0 aromatic heterocycles. The van der Waals surface area contributed by atoms with Crippen LogP contribution in [0.15, 0.2) is 24.3 Å². The Morgan fingerprint density at radius 2 is 1.36 bits per heavy atom. The first-order chi connectivity index (χ1) is 11.8. The first kappa shape index (κ1) is 18.8. The Labute approximate surface area is 148 Å². The van der Waals surface area contributed by atoms with E-state index in [0.717, 1.165) is 5.69 Å². The second-order valence-electron chi connectivity index (χ2n) is 6.40. The summed E-state index contributed by atoms with van der Waals surface area (Å²) < 4.78 is 0. The van der Waals surface area contributed by atoms with Gasteiger partial charge in [0.25, 0.3) is 0 Å². The molecule has 1 aromatic carbocycles. The molecule has 0 atom stereocenters. The quantitative estimate of drug-likeness (QED) is 0.809. The lowest BCUT2D eigenvalue weighted by Gasteiger charge is -2.35. The highest BCUT2D eigenvalue weighted by atomic mass is 16.2. The molecule has 0 saturated carbocycles. The average Bonchev–Trinajstić information content (AvgIpc) is 2.59. The summed E-state index contributed by atoms with van der Waals surface area (Å²) >= 11 is 0. The number of anilines is 2. The number of carbonyl (C=O) groups is 3. The smallest absolute Gasteiger partial charge is 0.242 e. The minimum Gasteiger partial charge on any atom is -0.378 e. The van der Waals surface area contributed by atoms with Gasteiger partial charge in [-0.25, -0.2) is 0 Å². The molecule has 0 unspecified atom stereocenters. The fourth-order valence-corrected chi connectivity index (χ4v) is 2.82. The van der Waals surface area contributed by atoms with Crippen LogP contribution in [0.2, 0.25) is 0 Å². The van der Waals surface area contributed by atoms with Crippen molar-refractivity contribution in [1.82, 2.24) is 9.80 Å². The molecular formula is C18H26N4O3. The van der Waals surface area contributed by atoms with Crippen LogP contribution in [-0.4, -0.2) is 74.3 Å². The Balaban J connectivity index is 2.03. The lowest BCUT2D eigenvalue weighted by atomic mass is 10.2. The zero-order valence-corrected chi connectivity index (χ0v) is 15.4. The van der Waals surface area contributed by atoms with Crippen LogP contribution < -0.4 is 9.80 Å². The van der Waals surface area contributed by atoms with Gasteiger partial charge in [-0.1, -0.05) is 0 Å². The monoisotopic (exact) mass is 346 g/mol. The van der Waals surface area contributed by atoms with Crippen molar-refractivity contribution in [1.29, 1.82) is 0 Å². The van der Waals surface area contributed by atoms with Gasteiger partial charge in [-0.05, 0) is 24.3 Å². The second-order valence-corrected chi connectivity index (χ2v) is 6.40. The minimum atomic E-state index is -0.173. The third-order valence-corrected chi connectivity index (χ3v) is 4.43. The lowest BCUT2D eigenvalue weighted by Crippen LogP contribution is -2.52. The number of nitrogens with zero attached hydrogens (tertiary/aromatic N) is 4. The van der Waals surface area contributed by atoms with Gasteiger partial charge in [0.15, 0.2) is 0 Å². The summed E-state index contributed by atoms with van der Waals surface area (Å²) in [6.45, 7) is 5.09. The summed E-state index contributed by atoms with van der Waals surface area (Å²) in [5, 5.41) is 0. The topological polar surface area (TPSA) is 64.2 Å². The van der Waals surface area contributed by atoms with Crippen molar-refractivity contribution in [3.8, 4) is 0 Å². The standard InChI is InChI=1S/C18H26N4O3/c1-14(23)20-9-11-21(12-10-20)18(25)13-22(15(2)24)17-7-5-16(6-8-17)19(3)4/h5-8H,9-13H2,1-4H3. The molecule has 0 radical (unpaired) electrons. The molecule has 1 aliphatic heterocycles. The van der Waals surface area contributed by atoms with Crippen LogP contribution in [0, 0.1) is 0 Å². The summed E-state index contributed by atoms with van der Waals surface area (Å²) in [7, 11) is 3.89. The molecule has 7 nitrogen and oxygen atoms in total. The van der Waals surface area contributed by atoms with Crippen molar-refractivity contribution in [2.24, 2.45) is 0 Å². The SMILES string of the molecule is CC(=O)N1CCN(C(=O)CN(C(C)=O)c2ccc(N(C)C)cc2)CC1. The van der Waals surface area contributed by atoms with Gasteiger partial charge < -0.3 is 19.6 Å². The van der Waals surface area contributed by atoms with Crippen LogP contribution in [-0.2, 0) is 14.4 Å². The summed E-state index contributed by atoms with van der Waals surface area (Å²) in [5.41, 5.74) is 1.73. The van der Waals surface area contributed by atoms with Crippen LogP contribution >= 0.6 is 0 Å². The Hall–Kier alpha value is -2.57. The van der Waals surface area contributed by atoms with E-state index in [1.165, 1.54) is 18.7 Å². The molecule has 0 spiro atoms. The molecule has 0 bridgehead atoms. The van der Waals surface area contributed by atoms with Gasteiger partial charge >= 0.3 is 0 Å². The molecule has 0 aliphatic carbocycles. The van der Waals surface area contributed by atoms with E-state index in [0.29, 0.717) is 31.9 Å². The molecule has 1 heterocycles. The number of carbonyl (C=O) groups excluding carboxylic acids is 3. The maximum atomic E-state index is 12.6. The van der Waals surface area contributed by atoms with E-state index < -0.39 is 0 Å². The molecule has 0 N–H and O–H groups in total. The van der Waals surface area contributed by atoms with E-state index in [1.54, 1.807) is 9.80 Å². The summed E-state index contributed by atoms with van der Waals surface area (Å²) in [6, 6.07) is 7.53. The zero-order valence-electron chi connectivity index (χ0n) is 15.4. The largest absolute Gasteiger partial charge is 0.378 e. The Morgan fingerprint density at radius 3 is 1.80 bits per heavy atom. The second kappa shape index (κ2) is 8.00. The lowest BCUT2D eigenvalue weighted by molar-refractivity contribution is -0.137. The van der Waals surface area contributed by atoms with E-state index in [1.807, 2.05) is 43.3 Å². The van der Waals surface area contributed by atoms with E-state index in [9.17, 15) is 14.4 Å². The molecule has 3 amide bonds. The van der Waals surface area contributed by atoms with Crippen molar-refractivity contribution < 1.29 is 14.4 Å². The average molecular weight is 346 g/mol. The van der Waals surface area contributed by atoms with Gasteiger partial charge in [0.05, 0.1) is 0 Å². The third kappa shape index (κ3) is 4.71. The number of benzene rings is 1. The molecule has 1 aromatic rings. The molecule has 1 fully saturated rings. The van der Waals surface area contributed by atoms with Crippen LogP contribution in [0.3, 0.4) is 0 Å². The summed E-state index contributed by atoms with van der Waals surface area (Å²) in [4.78, 5) is 42.8. The minimum absolute atomic E-state index is 0.0106. The van der Waals surface area contributed by atoms with Crippen LogP contribution in [0.4, 0.5) is 11.4 Å². The first-order valence-corrected chi connectivity index (χ1v) is 8.38. The number of hydrogen-bond acceptors (Lipinski definition) is 4. The molecule has 136 valence electrons. The van der Waals surface area contributed by atoms with E-state index in [-0.39, 0.29) is 24.3 Å². The number of rotatable bonds is 4. The molecular weight excluding hydrogens is 320 g/mol. The molecule has 7 heteroatoms. The molecule has 2 rings (SSSR count). The van der Waals surface area contributed by atoms with Gasteiger partial charge in [-0.15, -0.1) is 0 Å². The van der Waals surface area contributed by atoms with Crippen molar-refractivity contribution in [3.63, 3.8) is 0 Å². The maximum absolute atomic E-state index is 12.6. The van der Waals surface area contributed by atoms with Crippen molar-refractivity contribution in [2.75, 3.05) is 56.6 Å².